The van der Waals surface area contributed by atoms with Crippen LogP contribution < -0.4 is 10.5 Å². The molecule has 1 amide bonds. The van der Waals surface area contributed by atoms with Gasteiger partial charge in [0, 0.05) is 25.0 Å². The molecule has 0 spiro atoms. The quantitative estimate of drug-likeness (QED) is 0.576. The van der Waals surface area contributed by atoms with E-state index in [-0.39, 0.29) is 16.5 Å². The van der Waals surface area contributed by atoms with E-state index in [1.807, 2.05) is 18.0 Å². The van der Waals surface area contributed by atoms with E-state index in [0.717, 1.165) is 25.9 Å². The van der Waals surface area contributed by atoms with Gasteiger partial charge in [-0.2, -0.15) is 5.26 Å². The Balaban J connectivity index is 2.05. The number of nitrogens with two attached hydrogens (primary N) is 1. The first-order valence-electron chi connectivity index (χ1n) is 8.17. The molecule has 0 unspecified atom stereocenters. The molecule has 0 atom stereocenters. The van der Waals surface area contributed by atoms with E-state index in [4.69, 9.17) is 5.14 Å². The summed E-state index contributed by atoms with van der Waals surface area (Å²) >= 11 is 0. The third-order valence-corrected chi connectivity index (χ3v) is 5.33. The molecule has 2 rings (SSSR count). The summed E-state index contributed by atoms with van der Waals surface area (Å²) in [6.45, 7) is 1.96. The van der Waals surface area contributed by atoms with Crippen LogP contribution in [0.5, 0.6) is 0 Å². The van der Waals surface area contributed by atoms with Gasteiger partial charge in [-0.3, -0.25) is 4.79 Å². The standard InChI is InChI=1S/C17H23N5O3S/c1-21-9-7-15(8-10-21)22(2)12-13(11-18)17(23)20-14-3-5-16(6-4-14)26(19,24)25/h3-6,12,15H,7-10H2,1-2H3,(H,20,23)(H2,19,24,25)/b13-12-. The Morgan fingerprint density at radius 2 is 1.92 bits per heavy atom. The van der Waals surface area contributed by atoms with E-state index in [1.165, 1.54) is 24.3 Å². The lowest BCUT2D eigenvalue weighted by molar-refractivity contribution is -0.112. The maximum absolute atomic E-state index is 12.3. The Bertz CT molecular complexity index is 819. The highest BCUT2D eigenvalue weighted by atomic mass is 32.2. The summed E-state index contributed by atoms with van der Waals surface area (Å²) in [5.74, 6) is -0.546. The number of carbonyl (C=O) groups excluding carboxylic acids is 1. The Morgan fingerprint density at radius 1 is 1.35 bits per heavy atom. The number of nitrogens with zero attached hydrogens (tertiary/aromatic N) is 3. The predicted octanol–water partition coefficient (Wildman–Crippen LogP) is 0.706. The Kier molecular flexibility index (Phi) is 6.37. The highest BCUT2D eigenvalue weighted by Gasteiger charge is 2.20. The molecule has 8 nitrogen and oxygen atoms in total. The molecule has 1 fully saturated rings. The topological polar surface area (TPSA) is 120 Å². The van der Waals surface area contributed by atoms with E-state index in [0.29, 0.717) is 5.69 Å². The minimum absolute atomic E-state index is 0.0121. The Hall–Kier alpha value is -2.41. The second-order valence-electron chi connectivity index (χ2n) is 6.38. The van der Waals surface area contributed by atoms with Crippen LogP contribution in [-0.2, 0) is 14.8 Å². The van der Waals surface area contributed by atoms with Crippen molar-refractivity contribution < 1.29 is 13.2 Å². The molecule has 1 aliphatic heterocycles. The molecule has 1 aliphatic rings. The maximum Gasteiger partial charge on any atom is 0.267 e. The second kappa shape index (κ2) is 8.31. The maximum atomic E-state index is 12.3. The fraction of sp³-hybridized carbons (Fsp3) is 0.412. The van der Waals surface area contributed by atoms with Crippen molar-refractivity contribution >= 4 is 21.6 Å². The molecule has 26 heavy (non-hydrogen) atoms. The van der Waals surface area contributed by atoms with E-state index in [2.05, 4.69) is 17.3 Å². The molecule has 140 valence electrons. The van der Waals surface area contributed by atoms with Crippen LogP contribution in [0.15, 0.2) is 40.9 Å². The number of benzene rings is 1. The summed E-state index contributed by atoms with van der Waals surface area (Å²) < 4.78 is 22.5. The molecule has 3 N–H and O–H groups in total. The van der Waals surface area contributed by atoms with Gasteiger partial charge >= 0.3 is 0 Å². The van der Waals surface area contributed by atoms with Gasteiger partial charge in [0.05, 0.1) is 4.90 Å². The summed E-state index contributed by atoms with van der Waals surface area (Å²) in [5.41, 5.74) is 0.368. The molecular weight excluding hydrogens is 354 g/mol. The van der Waals surface area contributed by atoms with Crippen molar-refractivity contribution in [2.24, 2.45) is 5.14 Å². The number of hydrogen-bond acceptors (Lipinski definition) is 6. The van der Waals surface area contributed by atoms with Crippen molar-refractivity contribution in [2.45, 2.75) is 23.8 Å². The molecule has 1 heterocycles. The summed E-state index contributed by atoms with van der Waals surface area (Å²) in [5, 5.41) is 16.9. The summed E-state index contributed by atoms with van der Waals surface area (Å²) in [7, 11) is 0.146. The first kappa shape index (κ1) is 19.9. The fourth-order valence-corrected chi connectivity index (χ4v) is 3.29. The van der Waals surface area contributed by atoms with Crippen LogP contribution in [0, 0.1) is 11.3 Å². The van der Waals surface area contributed by atoms with Gasteiger partial charge in [0.2, 0.25) is 10.0 Å². The largest absolute Gasteiger partial charge is 0.376 e. The molecule has 0 aromatic heterocycles. The number of nitriles is 1. The number of carbonyl (C=O) groups is 1. The van der Waals surface area contributed by atoms with Crippen LogP contribution in [0.4, 0.5) is 5.69 Å². The number of sulfonamides is 1. The van der Waals surface area contributed by atoms with Gasteiger partial charge in [-0.05, 0) is 57.2 Å². The van der Waals surface area contributed by atoms with Crippen molar-refractivity contribution in [1.29, 1.82) is 5.26 Å². The van der Waals surface area contributed by atoms with Crippen molar-refractivity contribution in [3.05, 3.63) is 36.0 Å². The molecule has 9 heteroatoms. The van der Waals surface area contributed by atoms with Gasteiger partial charge < -0.3 is 15.1 Å². The fourth-order valence-electron chi connectivity index (χ4n) is 2.78. The number of hydrogen-bond donors (Lipinski definition) is 2. The number of likely N-dealkylation sites (tertiary alicyclic amines) is 1. The van der Waals surface area contributed by atoms with Gasteiger partial charge in [-0.1, -0.05) is 0 Å². The molecule has 0 saturated carbocycles. The zero-order valence-corrected chi connectivity index (χ0v) is 15.7. The minimum atomic E-state index is -3.79. The second-order valence-corrected chi connectivity index (χ2v) is 7.94. The highest BCUT2D eigenvalue weighted by molar-refractivity contribution is 7.89. The summed E-state index contributed by atoms with van der Waals surface area (Å²) in [6, 6.07) is 7.65. The van der Waals surface area contributed by atoms with Crippen molar-refractivity contribution in [3.8, 4) is 6.07 Å². The smallest absolute Gasteiger partial charge is 0.267 e. The molecule has 0 radical (unpaired) electrons. The van der Waals surface area contributed by atoms with E-state index >= 15 is 0 Å². The molecule has 1 aromatic carbocycles. The Morgan fingerprint density at radius 3 is 2.42 bits per heavy atom. The summed E-state index contributed by atoms with van der Waals surface area (Å²) in [4.78, 5) is 16.4. The molecular formula is C17H23N5O3S. The van der Waals surface area contributed by atoms with E-state index in [1.54, 1.807) is 6.20 Å². The summed E-state index contributed by atoms with van der Waals surface area (Å²) in [6.07, 6.45) is 3.50. The van der Waals surface area contributed by atoms with Gasteiger partial charge in [0.15, 0.2) is 0 Å². The molecule has 0 bridgehead atoms. The zero-order chi connectivity index (χ0) is 19.3. The highest BCUT2D eigenvalue weighted by Crippen LogP contribution is 2.17. The van der Waals surface area contributed by atoms with Crippen LogP contribution in [0.1, 0.15) is 12.8 Å². The first-order valence-corrected chi connectivity index (χ1v) is 9.72. The number of piperidine rings is 1. The first-order chi connectivity index (χ1) is 12.2. The number of amides is 1. The van der Waals surface area contributed by atoms with Gasteiger partial charge in [-0.25, -0.2) is 13.6 Å². The number of primary sulfonamides is 1. The lowest BCUT2D eigenvalue weighted by atomic mass is 10.0. The lowest BCUT2D eigenvalue weighted by Crippen LogP contribution is -2.40. The van der Waals surface area contributed by atoms with Crippen LogP contribution in [-0.4, -0.2) is 57.4 Å². The van der Waals surface area contributed by atoms with Crippen LogP contribution in [0.3, 0.4) is 0 Å². The van der Waals surface area contributed by atoms with E-state index in [9.17, 15) is 18.5 Å². The van der Waals surface area contributed by atoms with Crippen LogP contribution in [0.25, 0.3) is 0 Å². The SMILES string of the molecule is CN1CCC(N(C)/C=C(/C#N)C(=O)Nc2ccc(S(N)(=O)=O)cc2)CC1. The number of nitrogens with one attached hydrogen (secondary N) is 1. The average molecular weight is 377 g/mol. The number of anilines is 1. The third kappa shape index (κ3) is 5.29. The minimum Gasteiger partial charge on any atom is -0.376 e. The van der Waals surface area contributed by atoms with Crippen LogP contribution >= 0.6 is 0 Å². The Labute approximate surface area is 153 Å². The zero-order valence-electron chi connectivity index (χ0n) is 14.8. The van der Waals surface area contributed by atoms with Crippen molar-refractivity contribution in [3.63, 3.8) is 0 Å². The van der Waals surface area contributed by atoms with Crippen molar-refractivity contribution in [1.82, 2.24) is 9.80 Å². The predicted molar refractivity (Wildman–Crippen MR) is 98.4 cm³/mol. The average Bonchev–Trinajstić information content (AvgIpc) is 2.59. The van der Waals surface area contributed by atoms with Crippen molar-refractivity contribution in [2.75, 3.05) is 32.5 Å². The van der Waals surface area contributed by atoms with Gasteiger partial charge in [0.25, 0.3) is 5.91 Å². The van der Waals surface area contributed by atoms with Gasteiger partial charge in [-0.15, -0.1) is 0 Å². The molecule has 1 saturated heterocycles. The molecule has 1 aromatic rings. The number of rotatable bonds is 5. The molecule has 0 aliphatic carbocycles. The monoisotopic (exact) mass is 377 g/mol. The third-order valence-electron chi connectivity index (χ3n) is 4.40. The van der Waals surface area contributed by atoms with E-state index < -0.39 is 15.9 Å². The normalized spacial score (nSPS) is 16.8. The lowest BCUT2D eigenvalue weighted by Gasteiger charge is -2.34. The van der Waals surface area contributed by atoms with Gasteiger partial charge in [0.1, 0.15) is 11.6 Å². The van der Waals surface area contributed by atoms with Crippen LogP contribution in [0.2, 0.25) is 0 Å².